The number of aryl methyl sites for hydroxylation is 2. The third-order valence-corrected chi connectivity index (χ3v) is 4.67. The lowest BCUT2D eigenvalue weighted by atomic mass is 9.98. The van der Waals surface area contributed by atoms with Gasteiger partial charge in [0.2, 0.25) is 0 Å². The van der Waals surface area contributed by atoms with E-state index >= 15 is 0 Å². The van der Waals surface area contributed by atoms with Crippen molar-refractivity contribution in [2.75, 3.05) is 0 Å². The molecular weight excluding hydrogens is 352 g/mol. The van der Waals surface area contributed by atoms with Gasteiger partial charge in [-0.1, -0.05) is 0 Å². The second kappa shape index (κ2) is 6.22. The molecule has 0 aromatic heterocycles. The van der Waals surface area contributed by atoms with E-state index in [0.717, 1.165) is 11.1 Å². The number of benzene rings is 2. The van der Waals surface area contributed by atoms with Crippen LogP contribution in [0.1, 0.15) is 33.4 Å². The van der Waals surface area contributed by atoms with E-state index in [2.05, 4.69) is 22.8 Å². The number of nitriles is 2. The molecule has 2 amide bonds. The minimum atomic E-state index is -0.390. The van der Waals surface area contributed by atoms with Crippen LogP contribution in [-0.2, 0) is 9.59 Å². The first-order chi connectivity index (χ1) is 13.4. The van der Waals surface area contributed by atoms with Gasteiger partial charge in [0.15, 0.2) is 0 Å². The molecule has 2 aliphatic rings. The highest BCUT2D eigenvalue weighted by atomic mass is 16.2. The van der Waals surface area contributed by atoms with E-state index in [9.17, 15) is 20.1 Å². The Morgan fingerprint density at radius 2 is 1.07 bits per heavy atom. The number of nitrogens with one attached hydrogen (secondary N) is 2. The van der Waals surface area contributed by atoms with E-state index in [1.807, 2.05) is 26.0 Å². The van der Waals surface area contributed by atoms with E-state index < -0.39 is 11.8 Å². The van der Waals surface area contributed by atoms with Gasteiger partial charge in [-0.25, -0.2) is 0 Å². The van der Waals surface area contributed by atoms with Crippen molar-refractivity contribution in [3.05, 3.63) is 80.9 Å². The molecule has 0 saturated heterocycles. The summed E-state index contributed by atoms with van der Waals surface area (Å²) in [6, 6.07) is 14.6. The maximum Gasteiger partial charge on any atom is 0.258 e. The average Bonchev–Trinajstić information content (AvgIpc) is 3.19. The van der Waals surface area contributed by atoms with Crippen molar-refractivity contribution in [1.82, 2.24) is 10.6 Å². The fraction of sp³-hybridized carbons (Fsp3) is 0.0909. The molecular formula is C22H14N4O2. The first-order valence-corrected chi connectivity index (χ1v) is 8.57. The summed E-state index contributed by atoms with van der Waals surface area (Å²) in [5.41, 5.74) is 5.11. The SMILES string of the molecule is Cc1cc(C#N)cc(C2=C3C(=O)NC(c4cc(C)cc(C#N)c4)=C3C(=O)N2)c1. The summed E-state index contributed by atoms with van der Waals surface area (Å²) in [6.45, 7) is 3.69. The lowest BCUT2D eigenvalue weighted by Gasteiger charge is -2.09. The van der Waals surface area contributed by atoms with Gasteiger partial charge in [0, 0.05) is 11.1 Å². The summed E-state index contributed by atoms with van der Waals surface area (Å²) < 4.78 is 0. The van der Waals surface area contributed by atoms with Crippen LogP contribution in [0.3, 0.4) is 0 Å². The molecule has 6 heteroatoms. The second-order valence-corrected chi connectivity index (χ2v) is 6.81. The molecule has 0 unspecified atom stereocenters. The van der Waals surface area contributed by atoms with Gasteiger partial charge in [0.1, 0.15) is 0 Å². The summed E-state index contributed by atoms with van der Waals surface area (Å²) in [5.74, 6) is -0.781. The summed E-state index contributed by atoms with van der Waals surface area (Å²) in [5, 5.41) is 24.0. The zero-order chi connectivity index (χ0) is 20.0. The zero-order valence-corrected chi connectivity index (χ0v) is 15.2. The van der Waals surface area contributed by atoms with Crippen molar-refractivity contribution in [2.45, 2.75) is 13.8 Å². The molecule has 2 heterocycles. The molecule has 2 aliphatic heterocycles. The molecule has 28 heavy (non-hydrogen) atoms. The van der Waals surface area contributed by atoms with Gasteiger partial charge < -0.3 is 10.6 Å². The highest BCUT2D eigenvalue weighted by Gasteiger charge is 2.41. The number of amides is 2. The van der Waals surface area contributed by atoms with Crippen LogP contribution in [0.25, 0.3) is 11.4 Å². The standard InChI is InChI=1S/C22H14N4O2/c1-11-3-13(9-23)7-15(5-11)19-17-18(22(28)25-19)20(26-21(17)27)16-6-12(2)4-14(8-16)10-24/h3-8H,1-2H3,(H,25,28)(H,26,27). The van der Waals surface area contributed by atoms with Crippen molar-refractivity contribution in [3.8, 4) is 12.1 Å². The average molecular weight is 366 g/mol. The van der Waals surface area contributed by atoms with Gasteiger partial charge >= 0.3 is 0 Å². The molecule has 0 radical (unpaired) electrons. The molecule has 0 spiro atoms. The largest absolute Gasteiger partial charge is 0.321 e. The maximum absolute atomic E-state index is 12.7. The minimum absolute atomic E-state index is 0.259. The Morgan fingerprint density at radius 3 is 1.43 bits per heavy atom. The number of fused-ring (bicyclic) bond motifs is 1. The predicted molar refractivity (Wildman–Crippen MR) is 102 cm³/mol. The first kappa shape index (κ1) is 17.3. The number of nitrogens with zero attached hydrogens (tertiary/aromatic N) is 2. The van der Waals surface area contributed by atoms with Crippen LogP contribution >= 0.6 is 0 Å². The molecule has 0 fully saturated rings. The van der Waals surface area contributed by atoms with E-state index in [0.29, 0.717) is 33.6 Å². The summed E-state index contributed by atoms with van der Waals surface area (Å²) in [6.07, 6.45) is 0. The van der Waals surface area contributed by atoms with Gasteiger partial charge in [-0.3, -0.25) is 9.59 Å². The maximum atomic E-state index is 12.7. The molecule has 0 bridgehead atoms. The monoisotopic (exact) mass is 366 g/mol. The molecule has 6 nitrogen and oxygen atoms in total. The van der Waals surface area contributed by atoms with Crippen molar-refractivity contribution in [1.29, 1.82) is 10.5 Å². The van der Waals surface area contributed by atoms with Crippen LogP contribution in [0.4, 0.5) is 0 Å². The van der Waals surface area contributed by atoms with Gasteiger partial charge in [-0.05, 0) is 61.4 Å². The number of carbonyl (C=O) groups excluding carboxylic acids is 2. The van der Waals surface area contributed by atoms with Crippen molar-refractivity contribution < 1.29 is 9.59 Å². The van der Waals surface area contributed by atoms with Crippen LogP contribution in [0.15, 0.2) is 47.5 Å². The Bertz CT molecular complexity index is 1140. The third kappa shape index (κ3) is 2.65. The van der Waals surface area contributed by atoms with Crippen molar-refractivity contribution in [3.63, 3.8) is 0 Å². The van der Waals surface area contributed by atoms with E-state index in [4.69, 9.17) is 0 Å². The lowest BCUT2D eigenvalue weighted by Crippen LogP contribution is -2.21. The Labute approximate surface area is 161 Å². The second-order valence-electron chi connectivity index (χ2n) is 6.81. The summed E-state index contributed by atoms with van der Waals surface area (Å²) in [4.78, 5) is 25.4. The van der Waals surface area contributed by atoms with E-state index in [-0.39, 0.29) is 11.1 Å². The molecule has 0 aliphatic carbocycles. The van der Waals surface area contributed by atoms with Crippen LogP contribution in [0.2, 0.25) is 0 Å². The summed E-state index contributed by atoms with van der Waals surface area (Å²) >= 11 is 0. The molecule has 2 N–H and O–H groups in total. The normalized spacial score (nSPS) is 15.1. The number of hydrogen-bond acceptors (Lipinski definition) is 4. The van der Waals surface area contributed by atoms with Gasteiger partial charge in [0.25, 0.3) is 11.8 Å². The van der Waals surface area contributed by atoms with Gasteiger partial charge in [0.05, 0.1) is 45.8 Å². The van der Waals surface area contributed by atoms with Crippen molar-refractivity contribution >= 4 is 23.2 Å². The van der Waals surface area contributed by atoms with E-state index in [1.54, 1.807) is 24.3 Å². The lowest BCUT2D eigenvalue weighted by molar-refractivity contribution is -0.117. The highest BCUT2D eigenvalue weighted by Crippen LogP contribution is 2.37. The quantitative estimate of drug-likeness (QED) is 0.851. The smallest absolute Gasteiger partial charge is 0.258 e. The molecule has 0 atom stereocenters. The van der Waals surface area contributed by atoms with Crippen LogP contribution in [0, 0.1) is 36.5 Å². The Kier molecular flexibility index (Phi) is 3.84. The Balaban J connectivity index is 1.94. The molecule has 2 aromatic rings. The number of carbonyl (C=O) groups is 2. The van der Waals surface area contributed by atoms with Gasteiger partial charge in [-0.2, -0.15) is 10.5 Å². The predicted octanol–water partition coefficient (Wildman–Crippen LogP) is 2.43. The van der Waals surface area contributed by atoms with Crippen molar-refractivity contribution in [2.24, 2.45) is 0 Å². The third-order valence-electron chi connectivity index (χ3n) is 4.67. The van der Waals surface area contributed by atoms with Gasteiger partial charge in [-0.15, -0.1) is 0 Å². The fourth-order valence-electron chi connectivity index (χ4n) is 3.60. The highest BCUT2D eigenvalue weighted by molar-refractivity contribution is 6.30. The molecule has 4 rings (SSSR count). The number of rotatable bonds is 2. The minimum Gasteiger partial charge on any atom is -0.321 e. The molecule has 2 aromatic carbocycles. The zero-order valence-electron chi connectivity index (χ0n) is 15.2. The first-order valence-electron chi connectivity index (χ1n) is 8.57. The van der Waals surface area contributed by atoms with E-state index in [1.165, 1.54) is 0 Å². The molecule has 0 saturated carbocycles. The van der Waals surface area contributed by atoms with Crippen LogP contribution in [-0.4, -0.2) is 11.8 Å². The van der Waals surface area contributed by atoms with Crippen LogP contribution < -0.4 is 10.6 Å². The Morgan fingerprint density at radius 1 is 0.679 bits per heavy atom. The topological polar surface area (TPSA) is 106 Å². The van der Waals surface area contributed by atoms with Crippen LogP contribution in [0.5, 0.6) is 0 Å². The Hall–Kier alpha value is -4.16. The number of hydrogen-bond donors (Lipinski definition) is 2. The summed E-state index contributed by atoms with van der Waals surface area (Å²) in [7, 11) is 0. The molecule has 134 valence electrons. The fourth-order valence-corrected chi connectivity index (χ4v) is 3.60.